The first-order chi connectivity index (χ1) is 11.6. The van der Waals surface area contributed by atoms with Crippen molar-refractivity contribution in [3.63, 3.8) is 0 Å². The number of piperazine rings is 1. The monoisotopic (exact) mass is 351 g/mol. The number of carbonyl (C=O) groups is 1. The maximum atomic E-state index is 12.1. The predicted molar refractivity (Wildman–Crippen MR) is 93.0 cm³/mol. The van der Waals surface area contributed by atoms with E-state index in [0.29, 0.717) is 31.9 Å². The number of nitrogen functional groups attached to an aromatic ring is 1. The standard InChI is InChI=1S/C15H21N5O5/c1-15(2,3)25-14(21)19-8-6-18(7-9-19)11-5-4-10(20(23)24)12(16)13(11)17-22/h4-5H,6-9,16H2,1-3H3. The first-order valence-corrected chi connectivity index (χ1v) is 7.77. The Morgan fingerprint density at radius 1 is 1.28 bits per heavy atom. The minimum Gasteiger partial charge on any atom is -0.444 e. The van der Waals surface area contributed by atoms with Gasteiger partial charge >= 0.3 is 6.09 Å². The van der Waals surface area contributed by atoms with Crippen LogP contribution < -0.4 is 10.6 Å². The highest BCUT2D eigenvalue weighted by molar-refractivity contribution is 5.85. The van der Waals surface area contributed by atoms with Gasteiger partial charge in [0.2, 0.25) is 0 Å². The Labute approximate surface area is 144 Å². The summed E-state index contributed by atoms with van der Waals surface area (Å²) in [6.45, 7) is 7.03. The van der Waals surface area contributed by atoms with Crippen LogP contribution in [0.15, 0.2) is 17.3 Å². The van der Waals surface area contributed by atoms with Crippen molar-refractivity contribution in [3.05, 3.63) is 27.2 Å². The second kappa shape index (κ2) is 6.91. The van der Waals surface area contributed by atoms with Gasteiger partial charge < -0.3 is 20.3 Å². The molecular weight excluding hydrogens is 330 g/mol. The minimum absolute atomic E-state index is 0.153. The van der Waals surface area contributed by atoms with Gasteiger partial charge in [-0.15, -0.1) is 4.91 Å². The normalized spacial score (nSPS) is 15.0. The molecule has 1 amide bonds. The fraction of sp³-hybridized carbons (Fsp3) is 0.533. The number of benzene rings is 1. The van der Waals surface area contributed by atoms with Crippen molar-refractivity contribution >= 4 is 28.8 Å². The summed E-state index contributed by atoms with van der Waals surface area (Å²) in [5.74, 6) is 0. The lowest BCUT2D eigenvalue weighted by molar-refractivity contribution is -0.383. The summed E-state index contributed by atoms with van der Waals surface area (Å²) in [5.41, 5.74) is 4.78. The van der Waals surface area contributed by atoms with Crippen molar-refractivity contribution in [2.24, 2.45) is 5.18 Å². The SMILES string of the molecule is CC(C)(C)OC(=O)N1CCN(c2ccc([N+](=O)[O-])c(N)c2N=O)CC1. The molecule has 0 unspecified atom stereocenters. The summed E-state index contributed by atoms with van der Waals surface area (Å²) in [6.07, 6.45) is -0.399. The van der Waals surface area contributed by atoms with Crippen LogP contribution in [0.5, 0.6) is 0 Å². The van der Waals surface area contributed by atoms with Crippen LogP contribution in [0.4, 0.5) is 27.5 Å². The quantitative estimate of drug-likeness (QED) is 0.383. The third kappa shape index (κ3) is 4.14. The molecule has 0 saturated carbocycles. The lowest BCUT2D eigenvalue weighted by atomic mass is 10.1. The van der Waals surface area contributed by atoms with Crippen LogP contribution in [0.25, 0.3) is 0 Å². The van der Waals surface area contributed by atoms with Crippen LogP contribution in [-0.4, -0.2) is 47.7 Å². The number of anilines is 2. The van der Waals surface area contributed by atoms with Gasteiger partial charge in [0.05, 0.1) is 10.6 Å². The molecule has 1 aliphatic rings. The maximum absolute atomic E-state index is 12.1. The predicted octanol–water partition coefficient (Wildman–Crippen LogP) is 2.63. The number of rotatable bonds is 3. The molecular formula is C15H21N5O5. The Bertz CT molecular complexity index is 692. The first-order valence-electron chi connectivity index (χ1n) is 7.77. The number of nitro benzene ring substituents is 1. The zero-order valence-corrected chi connectivity index (χ0v) is 14.4. The Morgan fingerprint density at radius 2 is 1.88 bits per heavy atom. The molecule has 136 valence electrons. The number of hydrogen-bond donors (Lipinski definition) is 1. The summed E-state index contributed by atoms with van der Waals surface area (Å²) >= 11 is 0. The summed E-state index contributed by atoms with van der Waals surface area (Å²) in [4.78, 5) is 36.9. The fourth-order valence-electron chi connectivity index (χ4n) is 2.55. The molecule has 2 rings (SSSR count). The zero-order chi connectivity index (χ0) is 18.8. The topological polar surface area (TPSA) is 131 Å². The molecule has 1 aromatic carbocycles. The van der Waals surface area contributed by atoms with Gasteiger partial charge in [-0.1, -0.05) is 0 Å². The van der Waals surface area contributed by atoms with Crippen LogP contribution in [0.3, 0.4) is 0 Å². The molecule has 0 bridgehead atoms. The second-order valence-corrected chi connectivity index (χ2v) is 6.67. The Balaban J connectivity index is 2.13. The molecule has 0 radical (unpaired) electrons. The summed E-state index contributed by atoms with van der Waals surface area (Å²) in [5, 5.41) is 13.8. The van der Waals surface area contributed by atoms with E-state index in [1.54, 1.807) is 25.7 Å². The van der Waals surface area contributed by atoms with Crippen molar-refractivity contribution in [1.82, 2.24) is 4.90 Å². The van der Waals surface area contributed by atoms with E-state index in [1.807, 2.05) is 4.90 Å². The van der Waals surface area contributed by atoms with Crippen molar-refractivity contribution in [3.8, 4) is 0 Å². The molecule has 10 heteroatoms. The summed E-state index contributed by atoms with van der Waals surface area (Å²) in [7, 11) is 0. The molecule has 2 N–H and O–H groups in total. The molecule has 0 aliphatic carbocycles. The summed E-state index contributed by atoms with van der Waals surface area (Å²) in [6, 6.07) is 2.70. The van der Waals surface area contributed by atoms with Crippen molar-refractivity contribution in [1.29, 1.82) is 0 Å². The number of ether oxygens (including phenoxy) is 1. The molecule has 10 nitrogen and oxygen atoms in total. The van der Waals surface area contributed by atoms with E-state index in [-0.39, 0.29) is 17.1 Å². The molecule has 1 saturated heterocycles. The van der Waals surface area contributed by atoms with E-state index in [0.717, 1.165) is 0 Å². The third-order valence-electron chi connectivity index (χ3n) is 3.73. The van der Waals surface area contributed by atoms with E-state index in [4.69, 9.17) is 10.5 Å². The highest BCUT2D eigenvalue weighted by atomic mass is 16.6. The summed E-state index contributed by atoms with van der Waals surface area (Å²) < 4.78 is 5.33. The van der Waals surface area contributed by atoms with Crippen LogP contribution in [-0.2, 0) is 4.74 Å². The number of nitroso groups, excluding NO2 is 1. The number of nitrogens with two attached hydrogens (primary N) is 1. The number of nitrogens with zero attached hydrogens (tertiary/aromatic N) is 4. The molecule has 1 aliphatic heterocycles. The van der Waals surface area contributed by atoms with Gasteiger partial charge in [-0.05, 0) is 32.0 Å². The van der Waals surface area contributed by atoms with Gasteiger partial charge in [-0.25, -0.2) is 4.79 Å². The van der Waals surface area contributed by atoms with Crippen LogP contribution in [0.1, 0.15) is 20.8 Å². The minimum atomic E-state index is -0.658. The number of carbonyl (C=O) groups excluding carboxylic acids is 1. The van der Waals surface area contributed by atoms with Crippen molar-refractivity contribution in [2.75, 3.05) is 36.8 Å². The number of hydrogen-bond acceptors (Lipinski definition) is 8. The molecule has 0 aromatic heterocycles. The Hall–Kier alpha value is -2.91. The van der Waals surface area contributed by atoms with Crippen LogP contribution in [0, 0.1) is 15.0 Å². The maximum Gasteiger partial charge on any atom is 0.410 e. The highest BCUT2D eigenvalue weighted by Gasteiger charge is 2.28. The van der Waals surface area contributed by atoms with Gasteiger partial charge in [0.1, 0.15) is 11.3 Å². The van der Waals surface area contributed by atoms with E-state index in [9.17, 15) is 19.8 Å². The average molecular weight is 351 g/mol. The van der Waals surface area contributed by atoms with E-state index >= 15 is 0 Å². The molecule has 25 heavy (non-hydrogen) atoms. The molecule has 1 heterocycles. The van der Waals surface area contributed by atoms with Crippen LogP contribution in [0.2, 0.25) is 0 Å². The molecule has 0 spiro atoms. The average Bonchev–Trinajstić information content (AvgIpc) is 2.52. The van der Waals surface area contributed by atoms with Gasteiger partial charge in [-0.2, -0.15) is 0 Å². The fourth-order valence-corrected chi connectivity index (χ4v) is 2.55. The Kier molecular flexibility index (Phi) is 5.10. The Morgan fingerprint density at radius 3 is 2.36 bits per heavy atom. The lowest BCUT2D eigenvalue weighted by Crippen LogP contribution is -2.50. The van der Waals surface area contributed by atoms with Crippen molar-refractivity contribution in [2.45, 2.75) is 26.4 Å². The van der Waals surface area contributed by atoms with E-state index in [2.05, 4.69) is 5.18 Å². The smallest absolute Gasteiger partial charge is 0.410 e. The van der Waals surface area contributed by atoms with Crippen LogP contribution >= 0.6 is 0 Å². The van der Waals surface area contributed by atoms with Gasteiger partial charge in [0.15, 0.2) is 5.69 Å². The van der Waals surface area contributed by atoms with Crippen molar-refractivity contribution < 1.29 is 14.5 Å². The lowest BCUT2D eigenvalue weighted by Gasteiger charge is -2.37. The third-order valence-corrected chi connectivity index (χ3v) is 3.73. The number of nitro groups is 1. The van der Waals surface area contributed by atoms with Gasteiger partial charge in [0, 0.05) is 32.2 Å². The van der Waals surface area contributed by atoms with E-state index in [1.165, 1.54) is 12.1 Å². The van der Waals surface area contributed by atoms with Gasteiger partial charge in [-0.3, -0.25) is 10.1 Å². The zero-order valence-electron chi connectivity index (χ0n) is 14.4. The largest absolute Gasteiger partial charge is 0.444 e. The van der Waals surface area contributed by atoms with E-state index < -0.39 is 16.6 Å². The first kappa shape index (κ1) is 18.4. The van der Waals surface area contributed by atoms with Gasteiger partial charge in [0.25, 0.3) is 5.69 Å². The number of amides is 1. The molecule has 1 fully saturated rings. The second-order valence-electron chi connectivity index (χ2n) is 6.67. The molecule has 0 atom stereocenters. The molecule has 1 aromatic rings. The highest BCUT2D eigenvalue weighted by Crippen LogP contribution is 2.40.